The van der Waals surface area contributed by atoms with E-state index in [2.05, 4.69) is 36.5 Å². The van der Waals surface area contributed by atoms with Crippen LogP contribution in [0.25, 0.3) is 0 Å². The first-order chi connectivity index (χ1) is 16.4. The first-order valence-electron chi connectivity index (χ1n) is 9.99. The van der Waals surface area contributed by atoms with Gasteiger partial charge in [0.2, 0.25) is 5.96 Å². The van der Waals surface area contributed by atoms with E-state index in [1.165, 1.54) is 7.11 Å². The molecule has 4 rings (SSSR count). The highest BCUT2D eigenvalue weighted by Gasteiger charge is 2.30. The quantitative estimate of drug-likeness (QED) is 0.292. The van der Waals surface area contributed by atoms with E-state index in [1.807, 2.05) is 42.6 Å². The number of hydrogen-bond acceptors (Lipinski definition) is 10. The van der Waals surface area contributed by atoms with Gasteiger partial charge in [-0.15, -0.1) is 0 Å². The van der Waals surface area contributed by atoms with Gasteiger partial charge in [0.25, 0.3) is 0 Å². The number of benzene rings is 2. The molecular weight excluding hydrogens is 500 g/mol. The number of nitrogens with two attached hydrogens (primary N) is 2. The maximum absolute atomic E-state index is 9.48. The fraction of sp³-hybridized carbons (Fsp3) is 0.130. The molecule has 0 saturated heterocycles. The van der Waals surface area contributed by atoms with Crippen molar-refractivity contribution in [2.24, 2.45) is 4.99 Å². The standard InChI is InChI=1S/C23H19BrN8O2/c1-33-17-8-13(4-7-16(17)34-10-12-2-5-14(24)6-3-12)20-18-19(27)15(9-25)21(28)31-22(18)32-23(30-20)29-11-26/h2-8,20H,10H2,1H3,(H6,27,28,29,30,31,32). The largest absolute Gasteiger partial charge is 0.493 e. The number of fused-ring (bicyclic) bond motifs is 1. The molecule has 10 nitrogen and oxygen atoms in total. The van der Waals surface area contributed by atoms with Gasteiger partial charge in [-0.1, -0.05) is 34.1 Å². The van der Waals surface area contributed by atoms with E-state index in [0.29, 0.717) is 35.1 Å². The Balaban J connectivity index is 1.72. The van der Waals surface area contributed by atoms with Crippen molar-refractivity contribution < 1.29 is 9.47 Å². The van der Waals surface area contributed by atoms with Gasteiger partial charge in [-0.3, -0.25) is 5.32 Å². The number of guanidine groups is 1. The monoisotopic (exact) mass is 518 g/mol. The average molecular weight is 519 g/mol. The van der Waals surface area contributed by atoms with Crippen LogP contribution < -0.4 is 31.6 Å². The van der Waals surface area contributed by atoms with Crippen LogP contribution in [0.15, 0.2) is 51.9 Å². The van der Waals surface area contributed by atoms with E-state index in [-0.39, 0.29) is 23.0 Å². The van der Waals surface area contributed by atoms with Crippen molar-refractivity contribution >= 4 is 39.2 Å². The number of methoxy groups -OCH3 is 1. The second-order valence-corrected chi connectivity index (χ2v) is 8.14. The third-order valence-corrected chi connectivity index (χ3v) is 5.70. The molecule has 0 aliphatic carbocycles. The molecule has 2 aromatic carbocycles. The zero-order valence-electron chi connectivity index (χ0n) is 18.0. The summed E-state index contributed by atoms with van der Waals surface area (Å²) in [6.07, 6.45) is 1.83. The van der Waals surface area contributed by atoms with E-state index < -0.39 is 6.04 Å². The van der Waals surface area contributed by atoms with Crippen LogP contribution in [0.1, 0.15) is 28.3 Å². The van der Waals surface area contributed by atoms with Gasteiger partial charge in [-0.05, 0) is 35.4 Å². The molecule has 2 heterocycles. The number of aromatic nitrogens is 1. The highest BCUT2D eigenvalue weighted by molar-refractivity contribution is 9.10. The van der Waals surface area contributed by atoms with Gasteiger partial charge in [0.15, 0.2) is 17.7 Å². The van der Waals surface area contributed by atoms with Crippen LogP contribution in [-0.2, 0) is 6.61 Å². The molecular formula is C23H19BrN8O2. The molecule has 1 aliphatic rings. The van der Waals surface area contributed by atoms with Crippen LogP contribution in [0, 0.1) is 22.8 Å². The molecule has 1 aliphatic heterocycles. The fourth-order valence-electron chi connectivity index (χ4n) is 3.54. The molecule has 0 spiro atoms. The van der Waals surface area contributed by atoms with Gasteiger partial charge in [-0.25, -0.2) is 9.98 Å². The minimum absolute atomic E-state index is 0.0162. The molecule has 3 aromatic rings. The predicted octanol–water partition coefficient (Wildman–Crippen LogP) is 3.41. The molecule has 170 valence electrons. The number of nitrogens with zero attached hydrogens (tertiary/aromatic N) is 4. The van der Waals surface area contributed by atoms with E-state index >= 15 is 0 Å². The van der Waals surface area contributed by atoms with Gasteiger partial charge in [-0.2, -0.15) is 10.5 Å². The van der Waals surface area contributed by atoms with E-state index in [4.69, 9.17) is 26.2 Å². The van der Waals surface area contributed by atoms with Crippen molar-refractivity contribution in [2.45, 2.75) is 12.6 Å². The summed E-state index contributed by atoms with van der Waals surface area (Å²) in [5, 5.41) is 23.9. The lowest BCUT2D eigenvalue weighted by atomic mass is 9.95. The summed E-state index contributed by atoms with van der Waals surface area (Å²) in [4.78, 5) is 8.81. The normalized spacial score (nSPS) is 14.0. The highest BCUT2D eigenvalue weighted by Crippen LogP contribution is 2.42. The summed E-state index contributed by atoms with van der Waals surface area (Å²) in [7, 11) is 1.54. The SMILES string of the molecule is COc1cc(C2N=C(NC#N)Nc3nc(N)c(C#N)c(N)c32)ccc1OCc1ccc(Br)cc1. The lowest BCUT2D eigenvalue weighted by Gasteiger charge is -2.26. The summed E-state index contributed by atoms with van der Waals surface area (Å²) in [6.45, 7) is 0.356. The number of pyridine rings is 1. The van der Waals surface area contributed by atoms with Gasteiger partial charge >= 0.3 is 0 Å². The molecule has 1 atom stereocenters. The Labute approximate surface area is 204 Å². The molecule has 1 aromatic heterocycles. The molecule has 34 heavy (non-hydrogen) atoms. The predicted molar refractivity (Wildman–Crippen MR) is 131 cm³/mol. The third kappa shape index (κ3) is 4.37. The zero-order chi connectivity index (χ0) is 24.2. The van der Waals surface area contributed by atoms with E-state index in [0.717, 1.165) is 10.0 Å². The number of aliphatic imine (C=N–C) groups is 1. The summed E-state index contributed by atoms with van der Waals surface area (Å²) in [5.74, 6) is 1.50. The van der Waals surface area contributed by atoms with E-state index in [1.54, 1.807) is 12.1 Å². The van der Waals surface area contributed by atoms with Crippen LogP contribution in [-0.4, -0.2) is 18.1 Å². The highest BCUT2D eigenvalue weighted by atomic mass is 79.9. The van der Waals surface area contributed by atoms with Gasteiger partial charge in [0, 0.05) is 10.0 Å². The summed E-state index contributed by atoms with van der Waals surface area (Å²) in [6, 6.07) is 14.5. The Bertz CT molecular complexity index is 1360. The Morgan fingerprint density at radius 2 is 1.91 bits per heavy atom. The van der Waals surface area contributed by atoms with Crippen molar-refractivity contribution in [3.05, 3.63) is 69.2 Å². The second-order valence-electron chi connectivity index (χ2n) is 7.23. The molecule has 0 amide bonds. The molecule has 0 bridgehead atoms. The molecule has 0 radical (unpaired) electrons. The Hall–Kier alpha value is -4.48. The topological polar surface area (TPSA) is 167 Å². The van der Waals surface area contributed by atoms with E-state index in [9.17, 15) is 5.26 Å². The number of halogens is 1. The number of ether oxygens (including phenoxy) is 2. The zero-order valence-corrected chi connectivity index (χ0v) is 19.5. The average Bonchev–Trinajstić information content (AvgIpc) is 2.83. The minimum atomic E-state index is -0.679. The molecule has 6 N–H and O–H groups in total. The second kappa shape index (κ2) is 9.57. The van der Waals surface area contributed by atoms with Crippen molar-refractivity contribution in [1.82, 2.24) is 10.3 Å². The van der Waals surface area contributed by atoms with Gasteiger partial charge in [0.1, 0.15) is 35.9 Å². The lowest BCUT2D eigenvalue weighted by Crippen LogP contribution is -2.32. The minimum Gasteiger partial charge on any atom is -0.493 e. The first-order valence-corrected chi connectivity index (χ1v) is 10.8. The molecule has 0 saturated carbocycles. The summed E-state index contributed by atoms with van der Waals surface area (Å²) in [5.41, 5.74) is 14.6. The maximum Gasteiger partial charge on any atom is 0.211 e. The van der Waals surface area contributed by atoms with Crippen molar-refractivity contribution in [3.63, 3.8) is 0 Å². The van der Waals surface area contributed by atoms with Crippen LogP contribution in [0.3, 0.4) is 0 Å². The number of rotatable bonds is 5. The van der Waals surface area contributed by atoms with Crippen LogP contribution >= 0.6 is 15.9 Å². The molecule has 0 fully saturated rings. The molecule has 11 heteroatoms. The lowest BCUT2D eigenvalue weighted by molar-refractivity contribution is 0.284. The fourth-order valence-corrected chi connectivity index (χ4v) is 3.80. The Morgan fingerprint density at radius 3 is 2.59 bits per heavy atom. The van der Waals surface area contributed by atoms with Crippen molar-refractivity contribution in [2.75, 3.05) is 23.9 Å². The van der Waals surface area contributed by atoms with Gasteiger partial charge in [0.05, 0.1) is 12.8 Å². The Kier molecular flexibility index (Phi) is 6.39. The smallest absolute Gasteiger partial charge is 0.211 e. The van der Waals surface area contributed by atoms with Crippen molar-refractivity contribution in [3.8, 4) is 23.8 Å². The maximum atomic E-state index is 9.48. The number of hydrogen-bond donors (Lipinski definition) is 4. The summed E-state index contributed by atoms with van der Waals surface area (Å²) < 4.78 is 12.5. The Morgan fingerprint density at radius 1 is 1.15 bits per heavy atom. The number of nitrogen functional groups attached to an aromatic ring is 2. The van der Waals surface area contributed by atoms with Crippen LogP contribution in [0.2, 0.25) is 0 Å². The van der Waals surface area contributed by atoms with Gasteiger partial charge < -0.3 is 26.3 Å². The number of anilines is 3. The first kappa shape index (κ1) is 22.7. The van der Waals surface area contributed by atoms with Crippen LogP contribution in [0.5, 0.6) is 11.5 Å². The third-order valence-electron chi connectivity index (χ3n) is 5.17. The number of nitriles is 2. The van der Waals surface area contributed by atoms with Crippen molar-refractivity contribution in [1.29, 1.82) is 10.5 Å². The van der Waals surface area contributed by atoms with Crippen LogP contribution in [0.4, 0.5) is 17.3 Å². The summed E-state index contributed by atoms with van der Waals surface area (Å²) >= 11 is 3.42. The molecule has 1 unspecified atom stereocenters. The number of nitrogens with one attached hydrogen (secondary N) is 2.